The van der Waals surface area contributed by atoms with Crippen molar-refractivity contribution in [2.24, 2.45) is 0 Å². The number of fused-ring (bicyclic) bond motifs is 4. The van der Waals surface area contributed by atoms with Crippen molar-refractivity contribution in [1.82, 2.24) is 10.2 Å². The van der Waals surface area contributed by atoms with E-state index in [9.17, 15) is 0 Å². The molecular formula is C15H20N2O2S2. The molecule has 0 aromatic heterocycles. The Morgan fingerprint density at radius 1 is 1.57 bits per heavy atom. The first-order valence-electron chi connectivity index (χ1n) is 7.01. The van der Waals surface area contributed by atoms with E-state index in [1.807, 2.05) is 30.0 Å². The first kappa shape index (κ1) is 14.8. The van der Waals surface area contributed by atoms with Gasteiger partial charge in [-0.25, -0.2) is 0 Å². The molecule has 2 unspecified atom stereocenters. The molecule has 6 heteroatoms. The molecule has 0 radical (unpaired) electrons. The van der Waals surface area contributed by atoms with Crippen LogP contribution in [0.25, 0.3) is 0 Å². The molecule has 114 valence electrons. The number of hydrogen-bond donors (Lipinski definition) is 1. The molecule has 2 bridgehead atoms. The number of thioether (sulfide) groups is 1. The molecule has 3 rings (SSSR count). The number of rotatable bonds is 4. The Morgan fingerprint density at radius 3 is 3.10 bits per heavy atom. The monoisotopic (exact) mass is 324 g/mol. The minimum Gasteiger partial charge on any atom is -0.497 e. The maximum atomic E-state index is 6.30. The molecule has 1 aromatic rings. The first-order chi connectivity index (χ1) is 10.1. The molecule has 2 heterocycles. The molecule has 21 heavy (non-hydrogen) atoms. The highest BCUT2D eigenvalue weighted by atomic mass is 32.2. The Morgan fingerprint density at radius 2 is 2.38 bits per heavy atom. The highest BCUT2D eigenvalue weighted by molar-refractivity contribution is 7.98. The van der Waals surface area contributed by atoms with Crippen molar-refractivity contribution in [3.63, 3.8) is 0 Å². The Hall–Kier alpha value is -1.14. The Balaban J connectivity index is 1.94. The molecule has 0 amide bonds. The van der Waals surface area contributed by atoms with Crippen LogP contribution in [0, 0.1) is 0 Å². The smallest absolute Gasteiger partial charge is 0.184 e. The Kier molecular flexibility index (Phi) is 3.92. The summed E-state index contributed by atoms with van der Waals surface area (Å²) in [6.45, 7) is 3.02. The summed E-state index contributed by atoms with van der Waals surface area (Å²) in [4.78, 5) is 2.17. The fourth-order valence-electron chi connectivity index (χ4n) is 3.04. The number of methoxy groups -OCH3 is 1. The van der Waals surface area contributed by atoms with Gasteiger partial charge in [0.15, 0.2) is 10.8 Å². The Labute approximate surface area is 135 Å². The van der Waals surface area contributed by atoms with Crippen LogP contribution in [-0.4, -0.2) is 41.4 Å². The van der Waals surface area contributed by atoms with Crippen LogP contribution in [-0.2, 0) is 0 Å². The second kappa shape index (κ2) is 5.57. The second-order valence-electron chi connectivity index (χ2n) is 5.53. The molecule has 1 aromatic carbocycles. The molecule has 1 N–H and O–H groups in total. The standard InChI is InChI=1S/C15H20N2O2S2/c1-15-9-12(16-14(20)17(15)6-7-21-3)11-8-10(18-2)4-5-13(11)19-15/h4-5,8,12H,6-7,9H2,1-3H3,(H,16,20). The topological polar surface area (TPSA) is 33.7 Å². The van der Waals surface area contributed by atoms with Crippen LogP contribution in [0.15, 0.2) is 18.2 Å². The maximum Gasteiger partial charge on any atom is 0.184 e. The van der Waals surface area contributed by atoms with Gasteiger partial charge in [0.25, 0.3) is 0 Å². The van der Waals surface area contributed by atoms with Gasteiger partial charge in [-0.3, -0.25) is 0 Å². The average molecular weight is 324 g/mol. The molecule has 1 fully saturated rings. The van der Waals surface area contributed by atoms with Crippen LogP contribution in [0.5, 0.6) is 11.5 Å². The fraction of sp³-hybridized carbons (Fsp3) is 0.533. The third kappa shape index (κ3) is 2.55. The first-order valence-corrected chi connectivity index (χ1v) is 8.81. The highest BCUT2D eigenvalue weighted by Crippen LogP contribution is 2.45. The lowest BCUT2D eigenvalue weighted by Gasteiger charge is -2.52. The number of ether oxygens (including phenoxy) is 2. The molecule has 0 spiro atoms. The van der Waals surface area contributed by atoms with E-state index in [2.05, 4.69) is 23.4 Å². The molecule has 2 aliphatic heterocycles. The quantitative estimate of drug-likeness (QED) is 0.858. The molecule has 0 aliphatic carbocycles. The van der Waals surface area contributed by atoms with Crippen LogP contribution < -0.4 is 14.8 Å². The predicted octanol–water partition coefficient (Wildman–Crippen LogP) is 2.79. The van der Waals surface area contributed by atoms with Gasteiger partial charge in [0, 0.05) is 24.3 Å². The van der Waals surface area contributed by atoms with Crippen molar-refractivity contribution in [1.29, 1.82) is 0 Å². The van der Waals surface area contributed by atoms with Gasteiger partial charge in [-0.15, -0.1) is 0 Å². The van der Waals surface area contributed by atoms with Gasteiger partial charge in [0.05, 0.1) is 13.2 Å². The van der Waals surface area contributed by atoms with Crippen molar-refractivity contribution in [3.8, 4) is 11.5 Å². The number of nitrogens with zero attached hydrogens (tertiary/aromatic N) is 1. The van der Waals surface area contributed by atoms with Crippen LogP contribution in [0.2, 0.25) is 0 Å². The number of thiocarbonyl (C=S) groups is 1. The molecular weight excluding hydrogens is 304 g/mol. The second-order valence-corrected chi connectivity index (χ2v) is 6.90. The van der Waals surface area contributed by atoms with E-state index >= 15 is 0 Å². The van der Waals surface area contributed by atoms with Crippen LogP contribution in [0.3, 0.4) is 0 Å². The van der Waals surface area contributed by atoms with Crippen molar-refractivity contribution in [2.75, 3.05) is 25.7 Å². The lowest BCUT2D eigenvalue weighted by Crippen LogP contribution is -2.64. The summed E-state index contributed by atoms with van der Waals surface area (Å²) in [6.07, 6.45) is 2.98. The molecule has 2 aliphatic rings. The van der Waals surface area contributed by atoms with Gasteiger partial charge in [-0.05, 0) is 43.6 Å². The zero-order chi connectivity index (χ0) is 15.0. The van der Waals surface area contributed by atoms with E-state index in [4.69, 9.17) is 21.7 Å². The summed E-state index contributed by atoms with van der Waals surface area (Å²) >= 11 is 7.37. The highest BCUT2D eigenvalue weighted by Gasteiger charge is 2.47. The van der Waals surface area contributed by atoms with E-state index < -0.39 is 0 Å². The summed E-state index contributed by atoms with van der Waals surface area (Å²) in [5.41, 5.74) is 0.753. The fourth-order valence-corrected chi connectivity index (χ4v) is 3.83. The van der Waals surface area contributed by atoms with Gasteiger partial charge in [0.2, 0.25) is 0 Å². The van der Waals surface area contributed by atoms with E-state index in [0.29, 0.717) is 0 Å². The van der Waals surface area contributed by atoms with Crippen molar-refractivity contribution in [2.45, 2.75) is 25.1 Å². The van der Waals surface area contributed by atoms with Gasteiger partial charge >= 0.3 is 0 Å². The predicted molar refractivity (Wildman–Crippen MR) is 90.2 cm³/mol. The van der Waals surface area contributed by atoms with E-state index in [1.54, 1.807) is 7.11 Å². The van der Waals surface area contributed by atoms with Gasteiger partial charge in [-0.1, -0.05) is 0 Å². The zero-order valence-corrected chi connectivity index (χ0v) is 14.1. The summed E-state index contributed by atoms with van der Waals surface area (Å²) in [5, 5.41) is 4.23. The molecule has 1 saturated heterocycles. The third-order valence-corrected chi connectivity index (χ3v) is 5.07. The Bertz CT molecular complexity index is 567. The van der Waals surface area contributed by atoms with Crippen molar-refractivity contribution in [3.05, 3.63) is 23.8 Å². The summed E-state index contributed by atoms with van der Waals surface area (Å²) in [6, 6.07) is 6.15. The molecule has 2 atom stereocenters. The largest absolute Gasteiger partial charge is 0.497 e. The number of benzene rings is 1. The molecule has 0 saturated carbocycles. The van der Waals surface area contributed by atoms with Crippen LogP contribution in [0.4, 0.5) is 0 Å². The van der Waals surface area contributed by atoms with E-state index in [-0.39, 0.29) is 11.8 Å². The van der Waals surface area contributed by atoms with E-state index in [1.165, 1.54) is 0 Å². The summed E-state index contributed by atoms with van der Waals surface area (Å²) < 4.78 is 11.6. The van der Waals surface area contributed by atoms with Gasteiger partial charge < -0.3 is 19.7 Å². The maximum absolute atomic E-state index is 6.30. The average Bonchev–Trinajstić information content (AvgIpc) is 2.46. The lowest BCUT2D eigenvalue weighted by atomic mass is 9.90. The SMILES string of the molecule is COc1ccc2c(c1)C1CC(C)(O2)N(CCSC)C(=S)N1. The van der Waals surface area contributed by atoms with E-state index in [0.717, 1.165) is 40.9 Å². The summed E-state index contributed by atoms with van der Waals surface area (Å²) in [7, 11) is 1.68. The van der Waals surface area contributed by atoms with Crippen molar-refractivity contribution >= 4 is 29.1 Å². The number of nitrogens with one attached hydrogen (secondary N) is 1. The molecule has 4 nitrogen and oxygen atoms in total. The third-order valence-electron chi connectivity index (χ3n) is 4.14. The minimum absolute atomic E-state index is 0.187. The van der Waals surface area contributed by atoms with Gasteiger partial charge in [-0.2, -0.15) is 11.8 Å². The van der Waals surface area contributed by atoms with Crippen LogP contribution >= 0.6 is 24.0 Å². The van der Waals surface area contributed by atoms with Crippen LogP contribution in [0.1, 0.15) is 24.9 Å². The minimum atomic E-state index is -0.371. The zero-order valence-electron chi connectivity index (χ0n) is 12.5. The lowest BCUT2D eigenvalue weighted by molar-refractivity contribution is -0.0654. The summed E-state index contributed by atoms with van der Waals surface area (Å²) in [5.74, 6) is 2.79. The number of hydrogen-bond acceptors (Lipinski definition) is 4. The van der Waals surface area contributed by atoms with Gasteiger partial charge in [0.1, 0.15) is 11.5 Å². The normalized spacial score (nSPS) is 26.7. The van der Waals surface area contributed by atoms with Crippen molar-refractivity contribution < 1.29 is 9.47 Å².